The average Bonchev–Trinajstić information content (AvgIpc) is 2.46. The van der Waals surface area contributed by atoms with Crippen molar-refractivity contribution in [3.63, 3.8) is 0 Å². The third kappa shape index (κ3) is 3.67. The Morgan fingerprint density at radius 2 is 2.21 bits per heavy atom. The minimum absolute atomic E-state index is 0.430. The minimum Gasteiger partial charge on any atom is -0.366 e. The third-order valence-corrected chi connectivity index (χ3v) is 3.68. The molecule has 0 bridgehead atoms. The second-order valence-corrected chi connectivity index (χ2v) is 5.00. The standard InChI is InChI=1S/C14H22N4O/c1-2-18(10-11-5-7-16-8-6-11)13-4-3-12(9-17-13)14(15)19/h3-4,9,11,16H,2,5-8,10H2,1H3,(H2,15,19). The molecule has 1 aliphatic heterocycles. The number of carbonyl (C=O) groups excluding carboxylic acids is 1. The van der Waals surface area contributed by atoms with Crippen LogP contribution in [0.3, 0.4) is 0 Å². The predicted octanol–water partition coefficient (Wildman–Crippen LogP) is 1.01. The molecule has 0 aromatic carbocycles. The lowest BCUT2D eigenvalue weighted by Gasteiger charge is -2.30. The van der Waals surface area contributed by atoms with E-state index in [4.69, 9.17) is 5.73 Å². The van der Waals surface area contributed by atoms with Crippen molar-refractivity contribution in [2.75, 3.05) is 31.1 Å². The minimum atomic E-state index is -0.430. The fourth-order valence-electron chi connectivity index (χ4n) is 2.48. The topological polar surface area (TPSA) is 71.2 Å². The van der Waals surface area contributed by atoms with Gasteiger partial charge in [-0.05, 0) is 50.9 Å². The van der Waals surface area contributed by atoms with Gasteiger partial charge in [0, 0.05) is 19.3 Å². The summed E-state index contributed by atoms with van der Waals surface area (Å²) in [4.78, 5) is 17.6. The fraction of sp³-hybridized carbons (Fsp3) is 0.571. The largest absolute Gasteiger partial charge is 0.366 e. The maximum Gasteiger partial charge on any atom is 0.250 e. The van der Waals surface area contributed by atoms with Gasteiger partial charge in [0.25, 0.3) is 0 Å². The van der Waals surface area contributed by atoms with Crippen LogP contribution in [-0.4, -0.2) is 37.1 Å². The number of pyridine rings is 1. The van der Waals surface area contributed by atoms with Crippen molar-refractivity contribution in [2.45, 2.75) is 19.8 Å². The van der Waals surface area contributed by atoms with Gasteiger partial charge in [0.1, 0.15) is 5.82 Å². The van der Waals surface area contributed by atoms with Gasteiger partial charge in [-0.3, -0.25) is 4.79 Å². The smallest absolute Gasteiger partial charge is 0.250 e. The Kier molecular flexibility index (Phi) is 4.74. The summed E-state index contributed by atoms with van der Waals surface area (Å²) in [6.45, 7) is 6.30. The number of carbonyl (C=O) groups is 1. The molecule has 5 nitrogen and oxygen atoms in total. The number of piperidine rings is 1. The first-order chi connectivity index (χ1) is 9.20. The molecule has 19 heavy (non-hydrogen) atoms. The number of nitrogens with two attached hydrogens (primary N) is 1. The monoisotopic (exact) mass is 262 g/mol. The number of primary amides is 1. The second kappa shape index (κ2) is 6.52. The number of nitrogens with zero attached hydrogens (tertiary/aromatic N) is 2. The molecule has 0 spiro atoms. The quantitative estimate of drug-likeness (QED) is 0.830. The highest BCUT2D eigenvalue weighted by Gasteiger charge is 2.17. The first-order valence-corrected chi connectivity index (χ1v) is 6.92. The van der Waals surface area contributed by atoms with E-state index in [2.05, 4.69) is 22.1 Å². The Morgan fingerprint density at radius 3 is 2.74 bits per heavy atom. The zero-order valence-corrected chi connectivity index (χ0v) is 11.4. The lowest BCUT2D eigenvalue weighted by molar-refractivity contribution is 0.1000. The molecular formula is C14H22N4O. The number of nitrogens with one attached hydrogen (secondary N) is 1. The average molecular weight is 262 g/mol. The summed E-state index contributed by atoms with van der Waals surface area (Å²) in [5.74, 6) is 1.21. The molecule has 1 aliphatic rings. The summed E-state index contributed by atoms with van der Waals surface area (Å²) in [6, 6.07) is 3.63. The van der Waals surface area contributed by atoms with Gasteiger partial charge in [-0.2, -0.15) is 0 Å². The number of hydrogen-bond acceptors (Lipinski definition) is 4. The Bertz CT molecular complexity index is 412. The molecule has 0 radical (unpaired) electrons. The highest BCUT2D eigenvalue weighted by Crippen LogP contribution is 2.18. The third-order valence-electron chi connectivity index (χ3n) is 3.68. The summed E-state index contributed by atoms with van der Waals surface area (Å²) in [5.41, 5.74) is 5.68. The molecule has 0 unspecified atom stereocenters. The van der Waals surface area contributed by atoms with Crippen molar-refractivity contribution in [3.05, 3.63) is 23.9 Å². The van der Waals surface area contributed by atoms with Crippen molar-refractivity contribution in [1.82, 2.24) is 10.3 Å². The van der Waals surface area contributed by atoms with Gasteiger partial charge < -0.3 is 16.0 Å². The summed E-state index contributed by atoms with van der Waals surface area (Å²) in [7, 11) is 0. The maximum atomic E-state index is 11.0. The molecule has 3 N–H and O–H groups in total. The van der Waals surface area contributed by atoms with E-state index in [0.29, 0.717) is 5.56 Å². The van der Waals surface area contributed by atoms with Crippen LogP contribution in [0.25, 0.3) is 0 Å². The van der Waals surface area contributed by atoms with E-state index >= 15 is 0 Å². The first-order valence-electron chi connectivity index (χ1n) is 6.92. The van der Waals surface area contributed by atoms with Crippen molar-refractivity contribution in [1.29, 1.82) is 0 Å². The van der Waals surface area contributed by atoms with E-state index in [0.717, 1.165) is 37.9 Å². The Balaban J connectivity index is 2.01. The van der Waals surface area contributed by atoms with Gasteiger partial charge in [0.15, 0.2) is 0 Å². The van der Waals surface area contributed by atoms with Crippen LogP contribution in [0.5, 0.6) is 0 Å². The van der Waals surface area contributed by atoms with Crippen molar-refractivity contribution >= 4 is 11.7 Å². The lowest BCUT2D eigenvalue weighted by atomic mass is 9.97. The predicted molar refractivity (Wildman–Crippen MR) is 76.2 cm³/mol. The van der Waals surface area contributed by atoms with Crippen LogP contribution in [0.4, 0.5) is 5.82 Å². The highest BCUT2D eigenvalue weighted by atomic mass is 16.1. The Hall–Kier alpha value is -1.62. The molecule has 104 valence electrons. The molecule has 5 heteroatoms. The van der Waals surface area contributed by atoms with Gasteiger partial charge in [0.2, 0.25) is 5.91 Å². The normalized spacial score (nSPS) is 16.3. The van der Waals surface area contributed by atoms with E-state index in [1.807, 2.05) is 6.07 Å². The Labute approximate surface area is 114 Å². The van der Waals surface area contributed by atoms with Crippen LogP contribution in [0.15, 0.2) is 18.3 Å². The van der Waals surface area contributed by atoms with E-state index in [1.54, 1.807) is 12.3 Å². The number of amides is 1. The Morgan fingerprint density at radius 1 is 1.47 bits per heavy atom. The summed E-state index contributed by atoms with van der Waals surface area (Å²) in [6.07, 6.45) is 3.99. The van der Waals surface area contributed by atoms with Crippen LogP contribution < -0.4 is 16.0 Å². The zero-order chi connectivity index (χ0) is 13.7. The summed E-state index contributed by atoms with van der Waals surface area (Å²) >= 11 is 0. The molecule has 1 amide bonds. The molecule has 1 aromatic heterocycles. The van der Waals surface area contributed by atoms with Gasteiger partial charge in [-0.25, -0.2) is 4.98 Å². The molecule has 0 atom stereocenters. The van der Waals surface area contributed by atoms with E-state index in [9.17, 15) is 4.79 Å². The van der Waals surface area contributed by atoms with Gasteiger partial charge in [-0.1, -0.05) is 0 Å². The van der Waals surface area contributed by atoms with E-state index < -0.39 is 5.91 Å². The van der Waals surface area contributed by atoms with Crippen molar-refractivity contribution < 1.29 is 4.79 Å². The van der Waals surface area contributed by atoms with Crippen molar-refractivity contribution in [2.24, 2.45) is 11.7 Å². The maximum absolute atomic E-state index is 11.0. The van der Waals surface area contributed by atoms with Crippen LogP contribution >= 0.6 is 0 Å². The fourth-order valence-corrected chi connectivity index (χ4v) is 2.48. The highest BCUT2D eigenvalue weighted by molar-refractivity contribution is 5.92. The van der Waals surface area contributed by atoms with E-state index in [1.165, 1.54) is 12.8 Å². The summed E-state index contributed by atoms with van der Waals surface area (Å²) in [5, 5.41) is 3.38. The van der Waals surface area contributed by atoms with Gasteiger partial charge >= 0.3 is 0 Å². The molecule has 0 aliphatic carbocycles. The number of anilines is 1. The number of aromatic nitrogens is 1. The molecular weight excluding hydrogens is 240 g/mol. The molecule has 2 rings (SSSR count). The molecule has 1 fully saturated rings. The van der Waals surface area contributed by atoms with Crippen molar-refractivity contribution in [3.8, 4) is 0 Å². The lowest BCUT2D eigenvalue weighted by Crippen LogP contribution is -2.36. The van der Waals surface area contributed by atoms with Crippen LogP contribution in [-0.2, 0) is 0 Å². The molecule has 0 saturated carbocycles. The zero-order valence-electron chi connectivity index (χ0n) is 11.4. The van der Waals surface area contributed by atoms with Gasteiger partial charge in [-0.15, -0.1) is 0 Å². The molecule has 1 aromatic rings. The molecule has 1 saturated heterocycles. The van der Waals surface area contributed by atoms with Crippen LogP contribution in [0.2, 0.25) is 0 Å². The van der Waals surface area contributed by atoms with Crippen LogP contribution in [0.1, 0.15) is 30.1 Å². The number of rotatable bonds is 5. The molecule has 2 heterocycles. The van der Waals surface area contributed by atoms with E-state index in [-0.39, 0.29) is 0 Å². The number of hydrogen-bond donors (Lipinski definition) is 2. The SMILES string of the molecule is CCN(CC1CCNCC1)c1ccc(C(N)=O)cn1. The van der Waals surface area contributed by atoms with Crippen LogP contribution in [0, 0.1) is 5.92 Å². The van der Waals surface area contributed by atoms with Gasteiger partial charge in [0.05, 0.1) is 5.56 Å². The second-order valence-electron chi connectivity index (χ2n) is 5.00. The first kappa shape index (κ1) is 13.8. The summed E-state index contributed by atoms with van der Waals surface area (Å²) < 4.78 is 0.